The van der Waals surface area contributed by atoms with Crippen molar-refractivity contribution >= 4 is 27.5 Å². The summed E-state index contributed by atoms with van der Waals surface area (Å²) in [4.78, 5) is 42.5. The van der Waals surface area contributed by atoms with Crippen LogP contribution >= 0.6 is 0 Å². The molecule has 1 spiro atoms. The maximum absolute atomic E-state index is 13.2. The van der Waals surface area contributed by atoms with Crippen LogP contribution in [0.25, 0.3) is 33.2 Å². The fourth-order valence-electron chi connectivity index (χ4n) is 7.09. The summed E-state index contributed by atoms with van der Waals surface area (Å²) in [6, 6.07) is 31.0. The van der Waals surface area contributed by atoms with E-state index in [2.05, 4.69) is 17.1 Å². The molecule has 0 bridgehead atoms. The summed E-state index contributed by atoms with van der Waals surface area (Å²) in [5.74, 6) is 1.27. The molecule has 2 unspecified atom stereocenters. The van der Waals surface area contributed by atoms with Crippen molar-refractivity contribution in [2.24, 2.45) is 4.99 Å². The highest BCUT2D eigenvalue weighted by Crippen LogP contribution is 2.43. The van der Waals surface area contributed by atoms with Crippen LogP contribution in [0.5, 0.6) is 0 Å². The van der Waals surface area contributed by atoms with Crippen LogP contribution < -0.4 is 16.4 Å². The molecule has 1 fully saturated rings. The number of aromatic nitrogens is 4. The van der Waals surface area contributed by atoms with Gasteiger partial charge < -0.3 is 9.64 Å². The van der Waals surface area contributed by atoms with Gasteiger partial charge in [-0.1, -0.05) is 74.0 Å². The summed E-state index contributed by atoms with van der Waals surface area (Å²) >= 11 is 0. The van der Waals surface area contributed by atoms with Crippen LogP contribution in [-0.4, -0.2) is 69.5 Å². The topological polar surface area (TPSA) is 107 Å². The van der Waals surface area contributed by atoms with Crippen LogP contribution in [0.3, 0.4) is 0 Å². The Kier molecular flexibility index (Phi) is 7.79. The lowest BCUT2D eigenvalue weighted by Crippen LogP contribution is -2.43. The van der Waals surface area contributed by atoms with Crippen LogP contribution in [0.1, 0.15) is 42.5 Å². The molecular formula is C39H37N7O3. The van der Waals surface area contributed by atoms with Crippen LogP contribution in [-0.2, 0) is 10.5 Å². The number of fused-ring (bicyclic) bond motifs is 10. The number of nitrogens with zero attached hydrogens (tertiary/aromatic N) is 6. The molecule has 10 heteroatoms. The van der Waals surface area contributed by atoms with Crippen molar-refractivity contribution in [3.63, 3.8) is 0 Å². The molecule has 1 saturated heterocycles. The first-order valence-corrected chi connectivity index (χ1v) is 16.8. The zero-order chi connectivity index (χ0) is 33.7. The number of aliphatic imine (C=N–C) groups is 1. The van der Waals surface area contributed by atoms with Crippen LogP contribution in [0.2, 0.25) is 0 Å². The van der Waals surface area contributed by atoms with Crippen molar-refractivity contribution in [3.8, 4) is 11.4 Å². The summed E-state index contributed by atoms with van der Waals surface area (Å²) in [6.45, 7) is 4.30. The molecule has 0 radical (unpaired) electrons. The number of benzene rings is 4. The van der Waals surface area contributed by atoms with E-state index in [-0.39, 0.29) is 17.2 Å². The second kappa shape index (κ2) is 12.3. The zero-order valence-electron chi connectivity index (χ0n) is 27.8. The Hall–Kier alpha value is -5.29. The van der Waals surface area contributed by atoms with Gasteiger partial charge in [-0.2, -0.15) is 0 Å². The molecule has 9 rings (SSSR count). The molecule has 49 heavy (non-hydrogen) atoms. The van der Waals surface area contributed by atoms with Gasteiger partial charge >= 0.3 is 0 Å². The molecule has 0 amide bonds. The van der Waals surface area contributed by atoms with E-state index in [9.17, 15) is 9.59 Å². The highest BCUT2D eigenvalue weighted by Gasteiger charge is 2.52. The fraction of sp³-hybridized carbons (Fsp3) is 0.256. The molecule has 4 aromatic carbocycles. The summed E-state index contributed by atoms with van der Waals surface area (Å²) in [5, 5.41) is 4.88. The van der Waals surface area contributed by atoms with Crippen molar-refractivity contribution in [2.75, 3.05) is 33.8 Å². The minimum atomic E-state index is -0.834. The van der Waals surface area contributed by atoms with Gasteiger partial charge in [-0.15, -0.1) is 0 Å². The number of hydrogen-bond acceptors (Lipinski definition) is 8. The van der Waals surface area contributed by atoms with Crippen LogP contribution in [0.4, 0.5) is 0 Å². The molecule has 2 aromatic heterocycles. The molecule has 3 aliphatic heterocycles. The van der Waals surface area contributed by atoms with E-state index in [0.717, 1.165) is 47.6 Å². The van der Waals surface area contributed by atoms with Gasteiger partial charge in [-0.05, 0) is 56.9 Å². The standard InChI is InChI=1S/C20H19N3O2.C19H18N4O/c1-2-7-13-12-25-20(22-13)15-9-4-6-11-17(15)23-18(24)14-8-3-5-10-16(14)21-19(20)23;1-22(2)12-11-20-17-14-8-4-6-10-16(14)23-18(17)21-15-9-5-3-7-13(15)19(23)24/h3-6,8-11,13,22H,2,7,12H2,1H3;3-10H,11-12H2,1-2H3. The lowest BCUT2D eigenvalue weighted by atomic mass is 10.0. The van der Waals surface area contributed by atoms with Gasteiger partial charge in [0.2, 0.25) is 5.72 Å². The average molecular weight is 652 g/mol. The number of para-hydroxylation sites is 4. The number of ether oxygens (including phenoxy) is 1. The summed E-state index contributed by atoms with van der Waals surface area (Å²) in [7, 11) is 4.04. The smallest absolute Gasteiger partial charge is 0.266 e. The predicted molar refractivity (Wildman–Crippen MR) is 192 cm³/mol. The third-order valence-corrected chi connectivity index (χ3v) is 9.37. The van der Waals surface area contributed by atoms with Crippen molar-refractivity contribution in [1.29, 1.82) is 0 Å². The zero-order valence-corrected chi connectivity index (χ0v) is 27.8. The Balaban J connectivity index is 0.000000142. The quantitative estimate of drug-likeness (QED) is 0.286. The maximum Gasteiger partial charge on any atom is 0.266 e. The second-order valence-corrected chi connectivity index (χ2v) is 12.9. The molecule has 0 aliphatic carbocycles. The molecule has 1 N–H and O–H groups in total. The van der Waals surface area contributed by atoms with E-state index in [1.807, 2.05) is 111 Å². The molecule has 0 saturated carbocycles. The Bertz CT molecular complexity index is 2400. The number of nitrogens with one attached hydrogen (secondary N) is 1. The Labute approximate surface area is 283 Å². The molecule has 5 heterocycles. The van der Waals surface area contributed by atoms with E-state index in [1.165, 1.54) is 0 Å². The summed E-state index contributed by atoms with van der Waals surface area (Å²) < 4.78 is 9.68. The average Bonchev–Trinajstić information content (AvgIpc) is 3.77. The predicted octanol–water partition coefficient (Wildman–Crippen LogP) is 4.79. The van der Waals surface area contributed by atoms with Gasteiger partial charge in [0.05, 0.1) is 46.3 Å². The third kappa shape index (κ3) is 5.02. The van der Waals surface area contributed by atoms with E-state index >= 15 is 0 Å². The first kappa shape index (κ1) is 31.0. The first-order chi connectivity index (χ1) is 23.9. The van der Waals surface area contributed by atoms with Gasteiger partial charge in [0, 0.05) is 23.7 Å². The Morgan fingerprint density at radius 2 is 1.47 bits per heavy atom. The molecule has 2 atom stereocenters. The SMILES string of the molecule is CCCC1COC2(N1)c1ccccc1-n1c2nc2ccccc2c1=O.CN(C)CCN=C1c2ccccc2-n2c1nc1ccccc1c2=O. The number of likely N-dealkylation sites (N-methyl/N-ethyl adjacent to an activating group) is 1. The monoisotopic (exact) mass is 651 g/mol. The Morgan fingerprint density at radius 3 is 2.20 bits per heavy atom. The highest BCUT2D eigenvalue weighted by molar-refractivity contribution is 6.16. The molecule has 3 aliphatic rings. The van der Waals surface area contributed by atoms with Crippen LogP contribution in [0, 0.1) is 0 Å². The largest absolute Gasteiger partial charge is 0.347 e. The van der Waals surface area contributed by atoms with Gasteiger partial charge in [-0.25, -0.2) is 9.97 Å². The van der Waals surface area contributed by atoms with Gasteiger partial charge in [0.25, 0.3) is 11.1 Å². The number of rotatable bonds is 5. The molecule has 246 valence electrons. The normalized spacial score (nSPS) is 19.3. The van der Waals surface area contributed by atoms with E-state index in [4.69, 9.17) is 19.7 Å². The van der Waals surface area contributed by atoms with E-state index in [1.54, 1.807) is 9.13 Å². The van der Waals surface area contributed by atoms with E-state index in [0.29, 0.717) is 46.6 Å². The molecule has 10 nitrogen and oxygen atoms in total. The van der Waals surface area contributed by atoms with Crippen LogP contribution in [0.15, 0.2) is 112 Å². The second-order valence-electron chi connectivity index (χ2n) is 12.9. The summed E-state index contributed by atoms with van der Waals surface area (Å²) in [5.41, 5.74) is 4.94. The molecular weight excluding hydrogens is 614 g/mol. The minimum absolute atomic E-state index is 0.0409. The number of hydrogen-bond donors (Lipinski definition) is 1. The highest BCUT2D eigenvalue weighted by atomic mass is 16.5. The van der Waals surface area contributed by atoms with Crippen molar-refractivity contribution < 1.29 is 4.74 Å². The van der Waals surface area contributed by atoms with E-state index < -0.39 is 5.72 Å². The van der Waals surface area contributed by atoms with Gasteiger partial charge in [0.15, 0.2) is 11.6 Å². The van der Waals surface area contributed by atoms with Crippen molar-refractivity contribution in [2.45, 2.75) is 31.5 Å². The van der Waals surface area contributed by atoms with Gasteiger partial charge in [0.1, 0.15) is 5.71 Å². The summed E-state index contributed by atoms with van der Waals surface area (Å²) in [6.07, 6.45) is 2.11. The molecule has 6 aromatic rings. The fourth-order valence-corrected chi connectivity index (χ4v) is 7.09. The maximum atomic E-state index is 13.2. The lowest BCUT2D eigenvalue weighted by Gasteiger charge is -2.24. The minimum Gasteiger partial charge on any atom is -0.347 e. The van der Waals surface area contributed by atoms with Crippen molar-refractivity contribution in [1.82, 2.24) is 29.3 Å². The van der Waals surface area contributed by atoms with Gasteiger partial charge in [-0.3, -0.25) is 29.0 Å². The third-order valence-electron chi connectivity index (χ3n) is 9.37. The van der Waals surface area contributed by atoms with Crippen molar-refractivity contribution in [3.05, 3.63) is 141 Å². The Morgan fingerprint density at radius 1 is 0.837 bits per heavy atom. The first-order valence-electron chi connectivity index (χ1n) is 16.8. The lowest BCUT2D eigenvalue weighted by molar-refractivity contribution is 0.0193.